The lowest BCUT2D eigenvalue weighted by Crippen LogP contribution is -2.43. The van der Waals surface area contributed by atoms with E-state index < -0.39 is 6.04 Å². The Hall–Kier alpha value is -2.69. The van der Waals surface area contributed by atoms with Crippen LogP contribution in [0.2, 0.25) is 0 Å². The van der Waals surface area contributed by atoms with Crippen molar-refractivity contribution in [1.82, 2.24) is 5.32 Å². The van der Waals surface area contributed by atoms with Crippen molar-refractivity contribution in [2.24, 2.45) is 0 Å². The van der Waals surface area contributed by atoms with Gasteiger partial charge in [0.15, 0.2) is 0 Å². The van der Waals surface area contributed by atoms with Crippen molar-refractivity contribution < 1.29 is 14.0 Å². The molecule has 0 saturated carbocycles. The molecule has 1 saturated heterocycles. The number of carbonyl (C=O) groups excluding carboxylic acids is 2. The average molecular weight is 340 g/mol. The number of amides is 2. The summed E-state index contributed by atoms with van der Waals surface area (Å²) in [5, 5.41) is 2.89. The van der Waals surface area contributed by atoms with Crippen LogP contribution >= 0.6 is 0 Å². The predicted molar refractivity (Wildman–Crippen MR) is 94.8 cm³/mol. The van der Waals surface area contributed by atoms with E-state index in [-0.39, 0.29) is 23.5 Å². The number of halogens is 1. The Balaban J connectivity index is 1.68. The first-order valence-corrected chi connectivity index (χ1v) is 8.52. The minimum atomic E-state index is -0.532. The molecular weight excluding hydrogens is 319 g/mol. The van der Waals surface area contributed by atoms with Crippen LogP contribution in [0.15, 0.2) is 54.6 Å². The molecule has 1 N–H and O–H groups in total. The van der Waals surface area contributed by atoms with Gasteiger partial charge in [0.25, 0.3) is 0 Å². The number of anilines is 1. The maximum absolute atomic E-state index is 13.0. The van der Waals surface area contributed by atoms with Gasteiger partial charge in [-0.2, -0.15) is 0 Å². The second kappa shape index (κ2) is 7.47. The van der Waals surface area contributed by atoms with Gasteiger partial charge in [-0.05, 0) is 42.7 Å². The summed E-state index contributed by atoms with van der Waals surface area (Å²) in [7, 11) is 0. The summed E-state index contributed by atoms with van der Waals surface area (Å²) in [6.45, 7) is 2.47. The maximum atomic E-state index is 13.0. The molecule has 5 heteroatoms. The number of hydrogen-bond acceptors (Lipinski definition) is 2. The summed E-state index contributed by atoms with van der Waals surface area (Å²) >= 11 is 0. The lowest BCUT2D eigenvalue weighted by molar-refractivity contribution is -0.127. The lowest BCUT2D eigenvalue weighted by atomic mass is 9.95. The molecule has 0 radical (unpaired) electrons. The van der Waals surface area contributed by atoms with Crippen LogP contribution in [0, 0.1) is 5.82 Å². The Morgan fingerprint density at radius 1 is 1.20 bits per heavy atom. The summed E-state index contributed by atoms with van der Waals surface area (Å²) < 4.78 is 13.0. The molecule has 2 aromatic carbocycles. The fourth-order valence-corrected chi connectivity index (χ4v) is 3.22. The molecule has 4 nitrogen and oxygen atoms in total. The number of benzene rings is 2. The smallest absolute Gasteiger partial charge is 0.249 e. The standard InChI is InChI=1S/C20H21FN2O2/c1-2-17(14-6-4-3-5-7-14)19(24)22-18-12-13-23(20(18)25)16-10-8-15(21)9-11-16/h3-11,17-18H,2,12-13H2,1H3,(H,22,24)/t17-,18+/m1/s1. The number of carbonyl (C=O) groups is 2. The monoisotopic (exact) mass is 340 g/mol. The van der Waals surface area contributed by atoms with E-state index in [0.717, 1.165) is 5.56 Å². The van der Waals surface area contributed by atoms with Crippen LogP contribution < -0.4 is 10.2 Å². The van der Waals surface area contributed by atoms with E-state index in [1.54, 1.807) is 17.0 Å². The van der Waals surface area contributed by atoms with Gasteiger partial charge in [-0.1, -0.05) is 37.3 Å². The zero-order chi connectivity index (χ0) is 17.8. The molecule has 0 bridgehead atoms. The molecule has 2 atom stereocenters. The highest BCUT2D eigenvalue weighted by Crippen LogP contribution is 2.24. The average Bonchev–Trinajstić information content (AvgIpc) is 2.98. The molecule has 0 unspecified atom stereocenters. The van der Waals surface area contributed by atoms with E-state index in [9.17, 15) is 14.0 Å². The van der Waals surface area contributed by atoms with Crippen LogP contribution in [0.3, 0.4) is 0 Å². The van der Waals surface area contributed by atoms with Crippen LogP contribution in [0.25, 0.3) is 0 Å². The quantitative estimate of drug-likeness (QED) is 0.908. The first-order valence-electron chi connectivity index (χ1n) is 8.52. The summed E-state index contributed by atoms with van der Waals surface area (Å²) in [5.41, 5.74) is 1.60. The summed E-state index contributed by atoms with van der Waals surface area (Å²) in [5.74, 6) is -0.890. The Labute approximate surface area is 146 Å². The zero-order valence-electron chi connectivity index (χ0n) is 14.1. The second-order valence-corrected chi connectivity index (χ2v) is 6.19. The van der Waals surface area contributed by atoms with Crippen LogP contribution in [0.1, 0.15) is 31.2 Å². The fraction of sp³-hybridized carbons (Fsp3) is 0.300. The highest BCUT2D eigenvalue weighted by Gasteiger charge is 2.34. The third-order valence-electron chi connectivity index (χ3n) is 4.59. The summed E-state index contributed by atoms with van der Waals surface area (Å²) in [6.07, 6.45) is 1.21. The molecule has 1 heterocycles. The highest BCUT2D eigenvalue weighted by atomic mass is 19.1. The van der Waals surface area contributed by atoms with E-state index in [1.165, 1.54) is 12.1 Å². The van der Waals surface area contributed by atoms with Crippen molar-refractivity contribution in [3.63, 3.8) is 0 Å². The summed E-state index contributed by atoms with van der Waals surface area (Å²) in [6, 6.07) is 14.9. The van der Waals surface area contributed by atoms with Gasteiger partial charge in [0.1, 0.15) is 11.9 Å². The SMILES string of the molecule is CC[C@@H](C(=O)N[C@H]1CCN(c2ccc(F)cc2)C1=O)c1ccccc1. The van der Waals surface area contributed by atoms with Gasteiger partial charge in [-0.3, -0.25) is 9.59 Å². The van der Waals surface area contributed by atoms with E-state index in [0.29, 0.717) is 25.1 Å². The largest absolute Gasteiger partial charge is 0.344 e. The van der Waals surface area contributed by atoms with E-state index in [2.05, 4.69) is 5.32 Å². The Morgan fingerprint density at radius 2 is 1.88 bits per heavy atom. The number of nitrogens with one attached hydrogen (secondary N) is 1. The normalized spacial score (nSPS) is 18.2. The highest BCUT2D eigenvalue weighted by molar-refractivity contribution is 6.01. The molecular formula is C20H21FN2O2. The molecule has 2 aromatic rings. The maximum Gasteiger partial charge on any atom is 0.249 e. The van der Waals surface area contributed by atoms with Crippen molar-refractivity contribution in [1.29, 1.82) is 0 Å². The molecule has 1 fully saturated rings. The molecule has 3 rings (SSSR count). The second-order valence-electron chi connectivity index (χ2n) is 6.19. The molecule has 2 amide bonds. The molecule has 0 aromatic heterocycles. The van der Waals surface area contributed by atoms with E-state index in [1.807, 2.05) is 37.3 Å². The van der Waals surface area contributed by atoms with Gasteiger partial charge in [0.2, 0.25) is 11.8 Å². The van der Waals surface area contributed by atoms with Crippen molar-refractivity contribution in [3.05, 3.63) is 66.0 Å². The lowest BCUT2D eigenvalue weighted by Gasteiger charge is -2.20. The van der Waals surface area contributed by atoms with Crippen LogP contribution in [-0.4, -0.2) is 24.4 Å². The molecule has 130 valence electrons. The predicted octanol–water partition coefficient (Wildman–Crippen LogP) is 3.24. The molecule has 1 aliphatic heterocycles. The topological polar surface area (TPSA) is 49.4 Å². The van der Waals surface area contributed by atoms with Crippen molar-refractivity contribution in [2.45, 2.75) is 31.7 Å². The van der Waals surface area contributed by atoms with Crippen molar-refractivity contribution in [2.75, 3.05) is 11.4 Å². The fourth-order valence-electron chi connectivity index (χ4n) is 3.22. The molecule has 0 spiro atoms. The van der Waals surface area contributed by atoms with Gasteiger partial charge < -0.3 is 10.2 Å². The Morgan fingerprint density at radius 3 is 2.52 bits per heavy atom. The number of hydrogen-bond donors (Lipinski definition) is 1. The minimum Gasteiger partial charge on any atom is -0.344 e. The minimum absolute atomic E-state index is 0.131. The Bertz CT molecular complexity index is 746. The van der Waals surface area contributed by atoms with Crippen LogP contribution in [0.5, 0.6) is 0 Å². The van der Waals surface area contributed by atoms with Gasteiger partial charge in [-0.15, -0.1) is 0 Å². The molecule has 1 aliphatic rings. The first-order chi connectivity index (χ1) is 12.1. The molecule has 25 heavy (non-hydrogen) atoms. The number of rotatable bonds is 5. The zero-order valence-corrected chi connectivity index (χ0v) is 14.1. The van der Waals surface area contributed by atoms with Gasteiger partial charge in [0.05, 0.1) is 5.92 Å². The third kappa shape index (κ3) is 3.71. The van der Waals surface area contributed by atoms with Crippen LogP contribution in [0.4, 0.5) is 10.1 Å². The summed E-state index contributed by atoms with van der Waals surface area (Å²) in [4.78, 5) is 26.8. The van der Waals surface area contributed by atoms with Gasteiger partial charge in [-0.25, -0.2) is 4.39 Å². The third-order valence-corrected chi connectivity index (χ3v) is 4.59. The van der Waals surface area contributed by atoms with Crippen molar-refractivity contribution >= 4 is 17.5 Å². The van der Waals surface area contributed by atoms with Gasteiger partial charge >= 0.3 is 0 Å². The molecule has 0 aliphatic carbocycles. The first kappa shape index (κ1) is 17.1. The Kier molecular flexibility index (Phi) is 5.12. The van der Waals surface area contributed by atoms with Crippen LogP contribution in [-0.2, 0) is 9.59 Å². The van der Waals surface area contributed by atoms with Gasteiger partial charge in [0, 0.05) is 12.2 Å². The number of nitrogens with zero attached hydrogens (tertiary/aromatic N) is 1. The van der Waals surface area contributed by atoms with E-state index >= 15 is 0 Å². The van der Waals surface area contributed by atoms with E-state index in [4.69, 9.17) is 0 Å². The van der Waals surface area contributed by atoms with Crippen molar-refractivity contribution in [3.8, 4) is 0 Å².